The first kappa shape index (κ1) is 11.9. The minimum Gasteiger partial charge on any atom is -0.356 e. The summed E-state index contributed by atoms with van der Waals surface area (Å²) < 4.78 is 0. The lowest BCUT2D eigenvalue weighted by molar-refractivity contribution is -0.121. The number of nitrogens with one attached hydrogen (secondary N) is 2. The van der Waals surface area contributed by atoms with Crippen molar-refractivity contribution in [2.75, 3.05) is 6.54 Å². The zero-order valence-electron chi connectivity index (χ0n) is 10.5. The molecule has 0 bridgehead atoms. The van der Waals surface area contributed by atoms with Crippen LogP contribution in [0, 0.1) is 11.8 Å². The molecule has 92 valence electrons. The van der Waals surface area contributed by atoms with Gasteiger partial charge in [0.25, 0.3) is 0 Å². The second kappa shape index (κ2) is 5.17. The van der Waals surface area contributed by atoms with Crippen molar-refractivity contribution in [3.8, 4) is 0 Å². The number of rotatable bonds is 2. The van der Waals surface area contributed by atoms with Crippen LogP contribution in [0.15, 0.2) is 0 Å². The fourth-order valence-corrected chi connectivity index (χ4v) is 3.02. The van der Waals surface area contributed by atoms with Crippen molar-refractivity contribution in [1.82, 2.24) is 10.6 Å². The molecule has 1 saturated heterocycles. The Morgan fingerprint density at radius 3 is 2.75 bits per heavy atom. The van der Waals surface area contributed by atoms with Gasteiger partial charge in [-0.3, -0.25) is 4.79 Å². The molecule has 16 heavy (non-hydrogen) atoms. The fourth-order valence-electron chi connectivity index (χ4n) is 3.02. The molecule has 2 fully saturated rings. The molecule has 0 radical (unpaired) electrons. The SMILES string of the molecule is CC1CCC(NC2CCCNC(=O)C2)C1C. The van der Waals surface area contributed by atoms with Crippen LogP contribution < -0.4 is 10.6 Å². The second-order valence-electron chi connectivity index (χ2n) is 5.58. The quantitative estimate of drug-likeness (QED) is 0.749. The van der Waals surface area contributed by atoms with E-state index >= 15 is 0 Å². The minimum absolute atomic E-state index is 0.216. The molecule has 4 atom stereocenters. The molecule has 0 aromatic rings. The number of hydrogen-bond donors (Lipinski definition) is 2. The predicted octanol–water partition coefficient (Wildman–Crippen LogP) is 1.68. The molecular weight excluding hydrogens is 200 g/mol. The molecule has 2 N–H and O–H groups in total. The van der Waals surface area contributed by atoms with Crippen molar-refractivity contribution in [1.29, 1.82) is 0 Å². The van der Waals surface area contributed by atoms with Crippen molar-refractivity contribution >= 4 is 5.91 Å². The van der Waals surface area contributed by atoms with Gasteiger partial charge in [0.2, 0.25) is 5.91 Å². The Morgan fingerprint density at radius 2 is 2.06 bits per heavy atom. The maximum atomic E-state index is 11.5. The molecule has 3 heteroatoms. The maximum Gasteiger partial charge on any atom is 0.221 e. The van der Waals surface area contributed by atoms with Crippen LogP contribution in [0.5, 0.6) is 0 Å². The van der Waals surface area contributed by atoms with E-state index in [4.69, 9.17) is 0 Å². The van der Waals surface area contributed by atoms with E-state index in [-0.39, 0.29) is 5.91 Å². The van der Waals surface area contributed by atoms with Crippen molar-refractivity contribution in [2.24, 2.45) is 11.8 Å². The summed E-state index contributed by atoms with van der Waals surface area (Å²) in [6.07, 6.45) is 5.52. The normalized spacial score (nSPS) is 40.5. The van der Waals surface area contributed by atoms with E-state index in [0.717, 1.165) is 31.2 Å². The second-order valence-corrected chi connectivity index (χ2v) is 5.58. The van der Waals surface area contributed by atoms with E-state index in [2.05, 4.69) is 24.5 Å². The summed E-state index contributed by atoms with van der Waals surface area (Å²) in [7, 11) is 0. The van der Waals surface area contributed by atoms with Crippen molar-refractivity contribution < 1.29 is 4.79 Å². The molecular formula is C13H24N2O. The topological polar surface area (TPSA) is 41.1 Å². The van der Waals surface area contributed by atoms with Gasteiger partial charge in [-0.25, -0.2) is 0 Å². The lowest BCUT2D eigenvalue weighted by atomic mass is 9.96. The first-order chi connectivity index (χ1) is 7.66. The molecule has 1 amide bonds. The van der Waals surface area contributed by atoms with Gasteiger partial charge in [-0.15, -0.1) is 0 Å². The molecule has 3 nitrogen and oxygen atoms in total. The van der Waals surface area contributed by atoms with Crippen LogP contribution in [0.1, 0.15) is 46.0 Å². The first-order valence-corrected chi connectivity index (χ1v) is 6.69. The fraction of sp³-hybridized carbons (Fsp3) is 0.923. The standard InChI is InChI=1S/C13H24N2O/c1-9-5-6-12(10(9)2)15-11-4-3-7-14-13(16)8-11/h9-12,15H,3-8H2,1-2H3,(H,14,16). The molecule has 4 unspecified atom stereocenters. The summed E-state index contributed by atoms with van der Waals surface area (Å²) >= 11 is 0. The van der Waals surface area contributed by atoms with Gasteiger partial charge < -0.3 is 10.6 Å². The number of carbonyl (C=O) groups is 1. The summed E-state index contributed by atoms with van der Waals surface area (Å²) in [6, 6.07) is 1.03. The van der Waals surface area contributed by atoms with E-state index in [0.29, 0.717) is 18.5 Å². The third-order valence-corrected chi connectivity index (χ3v) is 4.40. The number of hydrogen-bond acceptors (Lipinski definition) is 2. The van der Waals surface area contributed by atoms with E-state index in [1.807, 2.05) is 0 Å². The highest BCUT2D eigenvalue weighted by Crippen LogP contribution is 2.31. The van der Waals surface area contributed by atoms with Gasteiger partial charge in [-0.1, -0.05) is 13.8 Å². The molecule has 2 aliphatic rings. The molecule has 1 aliphatic heterocycles. The van der Waals surface area contributed by atoms with Crippen LogP contribution in [0.2, 0.25) is 0 Å². The Morgan fingerprint density at radius 1 is 1.25 bits per heavy atom. The maximum absolute atomic E-state index is 11.5. The van der Waals surface area contributed by atoms with Crippen LogP contribution in [-0.4, -0.2) is 24.5 Å². The third kappa shape index (κ3) is 2.76. The largest absolute Gasteiger partial charge is 0.356 e. The molecule has 0 aromatic carbocycles. The highest BCUT2D eigenvalue weighted by Gasteiger charge is 2.31. The Bertz CT molecular complexity index is 254. The van der Waals surface area contributed by atoms with Gasteiger partial charge >= 0.3 is 0 Å². The van der Waals surface area contributed by atoms with Gasteiger partial charge in [0.15, 0.2) is 0 Å². The third-order valence-electron chi connectivity index (χ3n) is 4.40. The van der Waals surface area contributed by atoms with Crippen molar-refractivity contribution in [2.45, 2.75) is 58.0 Å². The van der Waals surface area contributed by atoms with Crippen LogP contribution >= 0.6 is 0 Å². The zero-order chi connectivity index (χ0) is 11.5. The Balaban J connectivity index is 1.86. The lowest BCUT2D eigenvalue weighted by Crippen LogP contribution is -2.41. The van der Waals surface area contributed by atoms with Crippen LogP contribution in [0.25, 0.3) is 0 Å². The Hall–Kier alpha value is -0.570. The zero-order valence-corrected chi connectivity index (χ0v) is 10.5. The van der Waals surface area contributed by atoms with Crippen molar-refractivity contribution in [3.05, 3.63) is 0 Å². The smallest absolute Gasteiger partial charge is 0.221 e. The average molecular weight is 224 g/mol. The van der Waals surface area contributed by atoms with Crippen molar-refractivity contribution in [3.63, 3.8) is 0 Å². The first-order valence-electron chi connectivity index (χ1n) is 6.69. The van der Waals surface area contributed by atoms with Crippen LogP contribution in [-0.2, 0) is 4.79 Å². The molecule has 0 spiro atoms. The van der Waals surface area contributed by atoms with E-state index in [1.54, 1.807) is 0 Å². The van der Waals surface area contributed by atoms with Gasteiger partial charge in [0, 0.05) is 25.0 Å². The Labute approximate surface area is 98.4 Å². The highest BCUT2D eigenvalue weighted by atomic mass is 16.1. The summed E-state index contributed by atoms with van der Waals surface area (Å²) in [4.78, 5) is 11.5. The number of carbonyl (C=O) groups excluding carboxylic acids is 1. The molecule has 1 aliphatic carbocycles. The average Bonchev–Trinajstić information content (AvgIpc) is 2.48. The van der Waals surface area contributed by atoms with Gasteiger partial charge in [0.05, 0.1) is 0 Å². The van der Waals surface area contributed by atoms with E-state index in [9.17, 15) is 4.79 Å². The summed E-state index contributed by atoms with van der Waals surface area (Å²) in [5, 5.41) is 6.65. The predicted molar refractivity (Wildman–Crippen MR) is 65.1 cm³/mol. The van der Waals surface area contributed by atoms with Gasteiger partial charge in [-0.2, -0.15) is 0 Å². The van der Waals surface area contributed by atoms with E-state index < -0.39 is 0 Å². The molecule has 1 heterocycles. The van der Waals surface area contributed by atoms with Gasteiger partial charge in [0.1, 0.15) is 0 Å². The minimum atomic E-state index is 0.216. The molecule has 2 rings (SSSR count). The van der Waals surface area contributed by atoms with E-state index in [1.165, 1.54) is 12.8 Å². The highest BCUT2D eigenvalue weighted by molar-refractivity contribution is 5.76. The molecule has 1 saturated carbocycles. The summed E-state index contributed by atoms with van der Waals surface area (Å²) in [6.45, 7) is 5.53. The summed E-state index contributed by atoms with van der Waals surface area (Å²) in [5.74, 6) is 1.80. The lowest BCUT2D eigenvalue weighted by Gasteiger charge is -2.25. The number of amides is 1. The van der Waals surface area contributed by atoms with Crippen LogP contribution in [0.4, 0.5) is 0 Å². The van der Waals surface area contributed by atoms with Crippen LogP contribution in [0.3, 0.4) is 0 Å². The summed E-state index contributed by atoms with van der Waals surface area (Å²) in [5.41, 5.74) is 0. The molecule has 0 aromatic heterocycles. The van der Waals surface area contributed by atoms with Gasteiger partial charge in [-0.05, 0) is 37.5 Å². The monoisotopic (exact) mass is 224 g/mol. The Kier molecular flexibility index (Phi) is 3.85.